The molecular weight excluding hydrogens is 258 g/mol. The SMILES string of the molecule is CCNCc1cnc(N(CC(C)C)C2CC2)c(Cl)c1. The second-order valence-electron chi connectivity index (χ2n) is 5.71. The van der Waals surface area contributed by atoms with Gasteiger partial charge in [0.05, 0.1) is 5.02 Å². The van der Waals surface area contributed by atoms with Crippen LogP contribution in [0.15, 0.2) is 12.3 Å². The Morgan fingerprint density at radius 3 is 2.74 bits per heavy atom. The highest BCUT2D eigenvalue weighted by Crippen LogP contribution is 2.35. The predicted octanol–water partition coefficient (Wildman–Crippen LogP) is 3.47. The van der Waals surface area contributed by atoms with Crippen molar-refractivity contribution in [3.05, 3.63) is 22.8 Å². The lowest BCUT2D eigenvalue weighted by molar-refractivity contribution is 0.602. The number of hydrogen-bond donors (Lipinski definition) is 1. The van der Waals surface area contributed by atoms with Gasteiger partial charge in [-0.25, -0.2) is 4.98 Å². The fourth-order valence-corrected chi connectivity index (χ4v) is 2.53. The Balaban J connectivity index is 2.13. The monoisotopic (exact) mass is 281 g/mol. The Kier molecular flexibility index (Phi) is 5.06. The molecule has 1 aromatic rings. The van der Waals surface area contributed by atoms with Crippen LogP contribution >= 0.6 is 11.6 Å². The fourth-order valence-electron chi connectivity index (χ4n) is 2.24. The van der Waals surface area contributed by atoms with E-state index in [1.54, 1.807) is 0 Å². The van der Waals surface area contributed by atoms with Crippen LogP contribution in [0.2, 0.25) is 5.02 Å². The van der Waals surface area contributed by atoms with Gasteiger partial charge in [-0.2, -0.15) is 0 Å². The molecule has 1 aromatic heterocycles. The Morgan fingerprint density at radius 1 is 1.47 bits per heavy atom. The molecule has 0 radical (unpaired) electrons. The third-order valence-corrected chi connectivity index (χ3v) is 3.56. The van der Waals surface area contributed by atoms with Crippen LogP contribution in [0.1, 0.15) is 39.2 Å². The number of aromatic nitrogens is 1. The van der Waals surface area contributed by atoms with Gasteiger partial charge < -0.3 is 10.2 Å². The minimum absolute atomic E-state index is 0.625. The summed E-state index contributed by atoms with van der Waals surface area (Å²) in [5.74, 6) is 1.58. The first kappa shape index (κ1) is 14.6. The summed E-state index contributed by atoms with van der Waals surface area (Å²) < 4.78 is 0. The third-order valence-electron chi connectivity index (χ3n) is 3.28. The van der Waals surface area contributed by atoms with Crippen molar-refractivity contribution >= 4 is 17.4 Å². The molecular formula is C15H24ClN3. The molecule has 1 heterocycles. The van der Waals surface area contributed by atoms with Crippen molar-refractivity contribution < 1.29 is 0 Å². The van der Waals surface area contributed by atoms with Gasteiger partial charge in [-0.15, -0.1) is 0 Å². The highest BCUT2D eigenvalue weighted by atomic mass is 35.5. The van der Waals surface area contributed by atoms with Crippen molar-refractivity contribution in [3.63, 3.8) is 0 Å². The largest absolute Gasteiger partial charge is 0.352 e. The molecule has 1 fully saturated rings. The van der Waals surface area contributed by atoms with Crippen molar-refractivity contribution in [1.82, 2.24) is 10.3 Å². The maximum atomic E-state index is 6.43. The highest BCUT2D eigenvalue weighted by molar-refractivity contribution is 6.33. The summed E-state index contributed by atoms with van der Waals surface area (Å²) in [6, 6.07) is 2.69. The maximum Gasteiger partial charge on any atom is 0.147 e. The third kappa shape index (κ3) is 4.08. The molecule has 1 aliphatic rings. The summed E-state index contributed by atoms with van der Waals surface area (Å²) in [4.78, 5) is 6.98. The van der Waals surface area contributed by atoms with Gasteiger partial charge in [0, 0.05) is 25.3 Å². The number of nitrogens with zero attached hydrogens (tertiary/aromatic N) is 2. The summed E-state index contributed by atoms with van der Waals surface area (Å²) in [6.45, 7) is 9.40. The van der Waals surface area contributed by atoms with E-state index >= 15 is 0 Å². The summed E-state index contributed by atoms with van der Waals surface area (Å²) in [5, 5.41) is 4.08. The average Bonchev–Trinajstić information content (AvgIpc) is 3.18. The summed E-state index contributed by atoms with van der Waals surface area (Å²) in [7, 11) is 0. The Bertz CT molecular complexity index is 416. The summed E-state index contributed by atoms with van der Waals surface area (Å²) >= 11 is 6.43. The summed E-state index contributed by atoms with van der Waals surface area (Å²) in [6.07, 6.45) is 4.48. The van der Waals surface area contributed by atoms with Crippen molar-refractivity contribution in [2.75, 3.05) is 18.0 Å². The van der Waals surface area contributed by atoms with Gasteiger partial charge in [0.1, 0.15) is 5.82 Å². The Labute approximate surface area is 121 Å². The number of anilines is 1. The lowest BCUT2D eigenvalue weighted by Gasteiger charge is -2.26. The van der Waals surface area contributed by atoms with Gasteiger partial charge in [0.2, 0.25) is 0 Å². The molecule has 0 saturated heterocycles. The number of nitrogens with one attached hydrogen (secondary N) is 1. The zero-order valence-electron chi connectivity index (χ0n) is 12.1. The van der Waals surface area contributed by atoms with Gasteiger partial charge in [0.15, 0.2) is 0 Å². The van der Waals surface area contributed by atoms with Gasteiger partial charge in [-0.1, -0.05) is 32.4 Å². The Hall–Kier alpha value is -0.800. The lowest BCUT2D eigenvalue weighted by atomic mass is 10.2. The van der Waals surface area contributed by atoms with E-state index in [2.05, 4.69) is 36.0 Å². The molecule has 1 saturated carbocycles. The van der Waals surface area contributed by atoms with Crippen LogP contribution < -0.4 is 10.2 Å². The van der Waals surface area contributed by atoms with Crippen LogP contribution in [0, 0.1) is 5.92 Å². The highest BCUT2D eigenvalue weighted by Gasteiger charge is 2.31. The van der Waals surface area contributed by atoms with E-state index in [1.807, 2.05) is 12.3 Å². The smallest absolute Gasteiger partial charge is 0.147 e. The molecule has 1 N–H and O–H groups in total. The first-order chi connectivity index (χ1) is 9.11. The molecule has 0 amide bonds. The molecule has 106 valence electrons. The quantitative estimate of drug-likeness (QED) is 0.829. The van der Waals surface area contributed by atoms with Crippen molar-refractivity contribution in [2.45, 2.75) is 46.2 Å². The second kappa shape index (κ2) is 6.58. The van der Waals surface area contributed by atoms with Gasteiger partial charge >= 0.3 is 0 Å². The second-order valence-corrected chi connectivity index (χ2v) is 6.11. The van der Waals surface area contributed by atoms with Gasteiger partial charge in [-0.3, -0.25) is 0 Å². The van der Waals surface area contributed by atoms with E-state index in [0.717, 1.165) is 36.0 Å². The van der Waals surface area contributed by atoms with E-state index in [1.165, 1.54) is 12.8 Å². The topological polar surface area (TPSA) is 28.2 Å². The fraction of sp³-hybridized carbons (Fsp3) is 0.667. The van der Waals surface area contributed by atoms with Gasteiger partial charge in [0.25, 0.3) is 0 Å². The average molecular weight is 282 g/mol. The Morgan fingerprint density at radius 2 is 2.21 bits per heavy atom. The van der Waals surface area contributed by atoms with E-state index in [0.29, 0.717) is 12.0 Å². The molecule has 4 heteroatoms. The molecule has 0 unspecified atom stereocenters. The van der Waals surface area contributed by atoms with E-state index < -0.39 is 0 Å². The van der Waals surface area contributed by atoms with Crippen LogP contribution in [0.25, 0.3) is 0 Å². The number of halogens is 1. The molecule has 0 bridgehead atoms. The van der Waals surface area contributed by atoms with Crippen LogP contribution in [0.5, 0.6) is 0 Å². The normalized spacial score (nSPS) is 15.0. The van der Waals surface area contributed by atoms with E-state index in [-0.39, 0.29) is 0 Å². The van der Waals surface area contributed by atoms with Crippen molar-refractivity contribution in [2.24, 2.45) is 5.92 Å². The van der Waals surface area contributed by atoms with Crippen LogP contribution in [-0.4, -0.2) is 24.1 Å². The molecule has 3 nitrogen and oxygen atoms in total. The molecule has 1 aliphatic carbocycles. The van der Waals surface area contributed by atoms with E-state index in [4.69, 9.17) is 11.6 Å². The maximum absolute atomic E-state index is 6.43. The molecule has 0 atom stereocenters. The first-order valence-electron chi connectivity index (χ1n) is 7.23. The lowest BCUT2D eigenvalue weighted by Crippen LogP contribution is -2.31. The number of rotatable bonds is 7. The number of pyridine rings is 1. The standard InChI is InChI=1S/C15H24ClN3/c1-4-17-8-12-7-14(16)15(18-9-12)19(10-11(2)3)13-5-6-13/h7,9,11,13,17H,4-6,8,10H2,1-3H3. The molecule has 2 rings (SSSR count). The van der Waals surface area contributed by atoms with Crippen LogP contribution in [0.4, 0.5) is 5.82 Å². The zero-order chi connectivity index (χ0) is 13.8. The van der Waals surface area contributed by atoms with Crippen molar-refractivity contribution in [1.29, 1.82) is 0 Å². The molecule has 0 aliphatic heterocycles. The van der Waals surface area contributed by atoms with E-state index in [9.17, 15) is 0 Å². The van der Waals surface area contributed by atoms with Crippen LogP contribution in [0.3, 0.4) is 0 Å². The predicted molar refractivity (Wildman–Crippen MR) is 81.8 cm³/mol. The van der Waals surface area contributed by atoms with Crippen molar-refractivity contribution in [3.8, 4) is 0 Å². The number of hydrogen-bond acceptors (Lipinski definition) is 3. The van der Waals surface area contributed by atoms with Crippen LogP contribution in [-0.2, 0) is 6.54 Å². The molecule has 19 heavy (non-hydrogen) atoms. The minimum Gasteiger partial charge on any atom is -0.352 e. The van der Waals surface area contributed by atoms with Gasteiger partial charge in [-0.05, 0) is 36.9 Å². The first-order valence-corrected chi connectivity index (χ1v) is 7.61. The summed E-state index contributed by atoms with van der Waals surface area (Å²) in [5.41, 5.74) is 1.15. The zero-order valence-corrected chi connectivity index (χ0v) is 12.9. The minimum atomic E-state index is 0.625. The molecule has 0 spiro atoms. The molecule has 0 aromatic carbocycles.